The SMILES string of the molecule is CC1=CC(=O)[CH-]C1.CC1=CC[CH-]O1.CC1=CC[CH-]OC1.CC1=CC[CH-]S1.CC1=CC[CH-]SC1.CC1=CO[CH-]C1.CC1=CO[CH-]CC1.CC1=CO[CH-]OC1.CC1=CO[CH-]SC1.CC1=CS[CH-]C1.CC1=CS[CH-]CC1.CC1=CS[CH-]OC1.CC1=CS[CH-]SC1.CC1=C[CH-]C(=O)C1.Cc1cc(=O)[cH-]o1.[Y].[Y].[Y].[Y].[Y].[Y].[Y].[Y].[Y].[Y].[Y].[Y].[Y].[Y].[Y].[Y].[Y].[Y].[Y].[Y].[Y].[Y].[Y].[Y].[Y].[Y].[Y].[Y].[Y].[Y].[Y].[Y].[Y].[Y].[Y].[Y].[Y].[Y].[Y].[Y].[Y].[Y].[Y].[Y].[Y]. The van der Waals surface area contributed by atoms with E-state index in [2.05, 4.69) is 139 Å². The molecular weight excluding hydrogens is 5420 g/mol. The number of aryl methyl sites for hydroxylation is 1. The zero-order chi connectivity index (χ0) is 74.4. The zero-order valence-electron chi connectivity index (χ0n) is 88.2. The van der Waals surface area contributed by atoms with Crippen molar-refractivity contribution in [2.45, 2.75) is 181 Å². The fourth-order valence-electron chi connectivity index (χ4n) is 7.16. The number of carbonyl (C=O) groups is 2. The van der Waals surface area contributed by atoms with E-state index in [1.807, 2.05) is 107 Å². The van der Waals surface area contributed by atoms with Gasteiger partial charge in [-0.2, -0.15) is 69.5 Å². The Kier molecular flexibility index (Phi) is 562. The minimum Gasteiger partial charge on any atom is -0.667 e. The van der Waals surface area contributed by atoms with Crippen LogP contribution >= 0.6 is 94.1 Å². The van der Waals surface area contributed by atoms with Crippen LogP contribution in [0.5, 0.6) is 0 Å². The predicted molar refractivity (Wildman–Crippen MR) is 442 cm³/mol. The Hall–Kier alpha value is 45.9. The van der Waals surface area contributed by atoms with Gasteiger partial charge >= 0.3 is 0 Å². The minimum absolute atomic E-state index is 0. The summed E-state index contributed by atoms with van der Waals surface area (Å²) in [5.74, 6) is 18.0. The van der Waals surface area contributed by atoms with Gasteiger partial charge in [-0.3, -0.25) is 34.8 Å². The van der Waals surface area contributed by atoms with Crippen LogP contribution in [0.15, 0.2) is 182 Å². The number of hydrogen-bond donors (Lipinski definition) is 0. The van der Waals surface area contributed by atoms with Crippen LogP contribution in [-0.2, 0) is 1520 Å². The van der Waals surface area contributed by atoms with E-state index in [1.165, 1.54) is 123 Å². The number of allylic oxidation sites excluding steroid dienone is 11. The maximum absolute atomic E-state index is 10.3. The molecule has 13 heterocycles. The van der Waals surface area contributed by atoms with Crippen LogP contribution in [-0.4, -0.2) is 48.6 Å². The first-order chi connectivity index (χ1) is 48.6. The molecule has 0 saturated heterocycles. The molecule has 0 fully saturated rings. The van der Waals surface area contributed by atoms with Crippen LogP contribution in [0.2, 0.25) is 0 Å². The number of furan rings is 1. The largest absolute Gasteiger partial charge is 0.667 e. The van der Waals surface area contributed by atoms with E-state index in [-0.39, 0.29) is 1490 Å². The van der Waals surface area contributed by atoms with E-state index >= 15 is 0 Å². The maximum Gasteiger partial charge on any atom is 0.0972 e. The van der Waals surface area contributed by atoms with Gasteiger partial charge in [0.2, 0.25) is 0 Å². The van der Waals surface area contributed by atoms with Crippen molar-refractivity contribution in [1.82, 2.24) is 0 Å². The fraction of sp³-hybridized carbons (Fsp3) is 0.407. The summed E-state index contributed by atoms with van der Waals surface area (Å²) < 4.78 is 43.4. The van der Waals surface area contributed by atoms with Gasteiger partial charge in [-0.1, -0.05) is 111 Å². The average Bonchev–Trinajstić information content (AvgIpc) is 1.84. The standard InChI is InChI=1S/2C6H7O.2C6H9O.2C6H9S.C5H7O2.C5H5O2.2C5H7OS.2C5H7O.C5H7S2.2C5H7S.45Y/c2*1-5-2-3-6(7)4-5;4*1-6-3-2-4-7-5-6;1-5-2-6-4-7-3-5;1-4-2-5(6)3-7-4;2*1-5-2-6-4-7-3-5;1-5-2-3-6-4-5;1-5-3-2-4-6-5;1-5-2-6-4-7-3-5;1-5-2-3-6-4-5;1-5-3-2-4-6-5;;;;;;;;;;;;;;;;;;;;;;;;;;;;;;;;;;;;;;;;;;;;;/h3-4H,2H2,1H3;2-3H,4H2,1H3;4-5H,2-3H2,1H3;3-4H,2,5H2,1H3;4-5H,2-3H2,1H3;3-4H,2,5H2,1H3;2,4H,3H2,1H3;2-3H,1H3;3-4H,2H2,1H3;2,4H,3H2,1H3;2*3-4H,2H2,1H3;2,4H,3H2,1H3;2*3-4H,2H2,1H3;;;;;;;;;;;;;;;;;;;;;;;;;;;;;;;;;;;;;;;;;;;;;/q15*-1;;;;;;;;;;;;;;;;;;;;;;;;;;;;;;;;;;;;;;;;;;;;;. The van der Waals surface area contributed by atoms with Gasteiger partial charge in [0, 0.05) is 1530 Å². The normalized spacial score (nSPS) is 13.7. The molecule has 0 unspecified atom stereocenters. The molecule has 0 saturated carbocycles. The molecule has 2 aliphatic carbocycles. The second-order valence-corrected chi connectivity index (χ2v) is 31.1. The number of Topliss-reactive ketones (excluding diaryl/α,β-unsaturated/α-hetero) is 1. The molecule has 705 valence electrons. The van der Waals surface area contributed by atoms with Crippen LogP contribution in [0.1, 0.15) is 180 Å². The summed E-state index contributed by atoms with van der Waals surface area (Å²) in [6, 6.07) is 1.44. The molecule has 45 radical (unpaired) electrons. The van der Waals surface area contributed by atoms with Gasteiger partial charge in [0.1, 0.15) is 0 Å². The van der Waals surface area contributed by atoms with Gasteiger partial charge in [-0.15, -0.1) is 69.3 Å². The van der Waals surface area contributed by atoms with Gasteiger partial charge in [0.15, 0.2) is 0 Å². The Morgan fingerprint density at radius 2 is 0.774 bits per heavy atom. The number of ketones is 2. The Morgan fingerprint density at radius 1 is 0.315 bits per heavy atom. The Balaban J connectivity index is -0.0000000170. The molecule has 0 amide bonds. The summed E-state index contributed by atoms with van der Waals surface area (Å²) in [5.41, 5.74) is 16.0. The van der Waals surface area contributed by atoms with Gasteiger partial charge in [-0.25, -0.2) is 23.3 Å². The van der Waals surface area contributed by atoms with Crippen molar-refractivity contribution in [1.29, 1.82) is 0 Å². The monoisotopic (exact) mass is 5530 g/mol. The van der Waals surface area contributed by atoms with Crippen molar-refractivity contribution in [3.05, 3.63) is 275 Å². The van der Waals surface area contributed by atoms with Gasteiger partial charge in [-0.05, 0) is 129 Å². The predicted octanol–water partition coefficient (Wildman–Crippen LogP) is 25.4. The van der Waals surface area contributed by atoms with Crippen molar-refractivity contribution in [3.8, 4) is 0 Å². The van der Waals surface area contributed by atoms with E-state index in [0.29, 0.717) is 18.8 Å². The fourth-order valence-corrected chi connectivity index (χ4v) is 12.6. The molecular formula is C81H111O12S8Y45-15. The topological polar surface area (TPSA) is 138 Å². The molecule has 12 aliphatic heterocycles. The minimum atomic E-state index is -0.0579. The van der Waals surface area contributed by atoms with Crippen molar-refractivity contribution >= 4 is 106 Å². The van der Waals surface area contributed by atoms with Crippen molar-refractivity contribution < 1.29 is 1520 Å². The van der Waals surface area contributed by atoms with Crippen LogP contribution in [0.3, 0.4) is 0 Å². The number of rotatable bonds is 0. The molecule has 146 heavy (non-hydrogen) atoms. The molecule has 0 spiro atoms. The number of ether oxygens (including phenoxy) is 8. The summed E-state index contributed by atoms with van der Waals surface area (Å²) in [7, 11) is 0. The van der Waals surface area contributed by atoms with E-state index in [1.54, 1.807) is 123 Å². The Labute approximate surface area is 2060 Å². The van der Waals surface area contributed by atoms with Crippen LogP contribution in [0, 0.1) is 93.0 Å². The third kappa shape index (κ3) is 249. The molecule has 0 atom stereocenters. The van der Waals surface area contributed by atoms with Gasteiger partial charge in [0.25, 0.3) is 0 Å². The zero-order valence-corrected chi connectivity index (χ0v) is 222. The Bertz CT molecular complexity index is 2690. The molecule has 0 N–H and O–H groups in total. The molecule has 12 nitrogen and oxygen atoms in total. The summed E-state index contributed by atoms with van der Waals surface area (Å²) in [6.45, 7) is 41.5. The van der Waals surface area contributed by atoms with Crippen molar-refractivity contribution in [2.24, 2.45) is 0 Å². The molecule has 65 heteroatoms. The summed E-state index contributed by atoms with van der Waals surface area (Å²) >= 11 is 14.3. The van der Waals surface area contributed by atoms with E-state index in [0.717, 1.165) is 75.2 Å². The van der Waals surface area contributed by atoms with Crippen LogP contribution in [0.25, 0.3) is 0 Å². The van der Waals surface area contributed by atoms with E-state index < -0.39 is 0 Å². The second-order valence-electron chi connectivity index (χ2n) is 23.8. The Morgan fingerprint density at radius 3 is 0.932 bits per heavy atom. The third-order valence-corrected chi connectivity index (χ3v) is 20.3. The van der Waals surface area contributed by atoms with Gasteiger partial charge < -0.3 is 139 Å². The molecule has 0 aromatic carbocycles. The van der Waals surface area contributed by atoms with Crippen LogP contribution in [0.4, 0.5) is 0 Å². The summed E-state index contributed by atoms with van der Waals surface area (Å²) in [4.78, 5) is 32.3. The second kappa shape index (κ2) is 253. The molecule has 14 aliphatic rings. The van der Waals surface area contributed by atoms with E-state index in [9.17, 15) is 14.4 Å². The van der Waals surface area contributed by atoms with Crippen LogP contribution < -0.4 is 5.43 Å². The maximum atomic E-state index is 10.3. The third-order valence-electron chi connectivity index (χ3n) is 12.7. The first kappa shape index (κ1) is 324. The van der Waals surface area contributed by atoms with Crippen molar-refractivity contribution in [2.75, 3.05) is 37.1 Å². The average molecular weight is 5530 g/mol. The molecule has 1 aromatic rings. The molecule has 0 bridgehead atoms. The summed E-state index contributed by atoms with van der Waals surface area (Å²) in [6.07, 6.45) is 36.5. The van der Waals surface area contributed by atoms with Gasteiger partial charge in [0.05, 0.1) is 17.0 Å². The smallest absolute Gasteiger partial charge is 0.0972 e. The number of hydrogen-bond acceptors (Lipinski definition) is 20. The molecule has 1 aromatic heterocycles. The number of thioether (sulfide) groups is 8. The number of carbonyl (C=O) groups excluding carboxylic acids is 2. The summed E-state index contributed by atoms with van der Waals surface area (Å²) in [5, 5.41) is 10.8. The van der Waals surface area contributed by atoms with Crippen molar-refractivity contribution in [3.63, 3.8) is 0 Å². The quantitative estimate of drug-likeness (QED) is 0.180. The van der Waals surface area contributed by atoms with E-state index in [4.69, 9.17) is 33.2 Å². The molecule has 15 rings (SSSR count). The first-order valence-corrected chi connectivity index (χ1v) is 41.2. The first-order valence-electron chi connectivity index (χ1n) is 33.4.